The summed E-state index contributed by atoms with van der Waals surface area (Å²) < 4.78 is 39.6. The highest BCUT2D eigenvalue weighted by Gasteiger charge is 2.46. The van der Waals surface area contributed by atoms with Crippen molar-refractivity contribution in [2.24, 2.45) is 5.73 Å². The van der Waals surface area contributed by atoms with E-state index in [2.05, 4.69) is 10.1 Å². The third-order valence-corrected chi connectivity index (χ3v) is 2.25. The summed E-state index contributed by atoms with van der Waals surface area (Å²) >= 11 is 0. The second kappa shape index (κ2) is 4.58. The zero-order valence-electron chi connectivity index (χ0n) is 8.93. The van der Waals surface area contributed by atoms with E-state index in [0.29, 0.717) is 12.8 Å². The van der Waals surface area contributed by atoms with Crippen molar-refractivity contribution in [2.75, 3.05) is 13.2 Å². The topological polar surface area (TPSA) is 64.3 Å². The minimum Gasteiger partial charge on any atom is -0.370 e. The molecule has 1 unspecified atom stereocenters. The third-order valence-electron chi connectivity index (χ3n) is 2.25. The van der Waals surface area contributed by atoms with Gasteiger partial charge < -0.3 is 15.8 Å². The van der Waals surface area contributed by atoms with Gasteiger partial charge in [0.2, 0.25) is 5.91 Å². The first-order valence-corrected chi connectivity index (χ1v) is 4.97. The van der Waals surface area contributed by atoms with E-state index >= 15 is 0 Å². The van der Waals surface area contributed by atoms with Crippen LogP contribution in [0.4, 0.5) is 13.2 Å². The van der Waals surface area contributed by atoms with E-state index < -0.39 is 24.4 Å². The van der Waals surface area contributed by atoms with Crippen LogP contribution in [0.5, 0.6) is 0 Å². The number of halogens is 3. The molecule has 0 saturated heterocycles. The van der Waals surface area contributed by atoms with Crippen molar-refractivity contribution < 1.29 is 22.7 Å². The monoisotopic (exact) mass is 240 g/mol. The molecule has 3 N–H and O–H groups in total. The summed E-state index contributed by atoms with van der Waals surface area (Å²) in [6.45, 7) is 0.0856. The molecule has 0 aliphatic heterocycles. The Kier molecular flexibility index (Phi) is 3.80. The van der Waals surface area contributed by atoms with Crippen LogP contribution in [0.1, 0.15) is 19.8 Å². The number of ether oxygens (including phenoxy) is 1. The first-order chi connectivity index (χ1) is 7.23. The lowest BCUT2D eigenvalue weighted by molar-refractivity contribution is -0.175. The average Bonchev–Trinajstić information content (AvgIpc) is 2.82. The molecule has 7 heteroatoms. The molecule has 0 aromatic heterocycles. The molecule has 0 bridgehead atoms. The lowest BCUT2D eigenvalue weighted by Gasteiger charge is -2.17. The van der Waals surface area contributed by atoms with Gasteiger partial charge in [-0.2, -0.15) is 13.2 Å². The predicted octanol–water partition coefficient (Wildman–Crippen LogP) is 0.561. The van der Waals surface area contributed by atoms with E-state index in [9.17, 15) is 18.0 Å². The number of carbonyl (C=O) groups excluding carboxylic acids is 1. The second-order valence-corrected chi connectivity index (χ2v) is 4.16. The molecule has 0 radical (unpaired) electrons. The Hall–Kier alpha value is -0.820. The van der Waals surface area contributed by atoms with Gasteiger partial charge in [0.15, 0.2) is 0 Å². The molecule has 4 nitrogen and oxygen atoms in total. The zero-order chi connectivity index (χ0) is 12.4. The van der Waals surface area contributed by atoms with Crippen molar-refractivity contribution in [3.63, 3.8) is 0 Å². The SMILES string of the molecule is CC(COCC(F)(F)F)NC(=O)C1(N)CC1. The Balaban J connectivity index is 2.16. The van der Waals surface area contributed by atoms with E-state index in [4.69, 9.17) is 5.73 Å². The van der Waals surface area contributed by atoms with Crippen LogP contribution in [0.3, 0.4) is 0 Å². The molecule has 0 spiro atoms. The maximum absolute atomic E-state index is 11.7. The van der Waals surface area contributed by atoms with Crippen LogP contribution in [-0.2, 0) is 9.53 Å². The molecule has 1 fully saturated rings. The first kappa shape index (κ1) is 13.2. The van der Waals surface area contributed by atoms with Crippen molar-refractivity contribution >= 4 is 5.91 Å². The van der Waals surface area contributed by atoms with E-state index in [1.165, 1.54) is 0 Å². The van der Waals surface area contributed by atoms with Crippen molar-refractivity contribution in [1.29, 1.82) is 0 Å². The van der Waals surface area contributed by atoms with Crippen molar-refractivity contribution in [3.05, 3.63) is 0 Å². The van der Waals surface area contributed by atoms with E-state index in [1.807, 2.05) is 0 Å². The van der Waals surface area contributed by atoms with Gasteiger partial charge in [0.1, 0.15) is 6.61 Å². The second-order valence-electron chi connectivity index (χ2n) is 4.16. The summed E-state index contributed by atoms with van der Waals surface area (Å²) in [6.07, 6.45) is -3.10. The number of rotatable bonds is 5. The Morgan fingerprint density at radius 1 is 1.56 bits per heavy atom. The summed E-state index contributed by atoms with van der Waals surface area (Å²) in [7, 11) is 0. The lowest BCUT2D eigenvalue weighted by Crippen LogP contribution is -2.47. The maximum atomic E-state index is 11.7. The maximum Gasteiger partial charge on any atom is 0.411 e. The quantitative estimate of drug-likeness (QED) is 0.738. The minimum absolute atomic E-state index is 0.179. The summed E-state index contributed by atoms with van der Waals surface area (Å²) in [4.78, 5) is 11.4. The largest absolute Gasteiger partial charge is 0.411 e. The zero-order valence-corrected chi connectivity index (χ0v) is 8.93. The summed E-state index contributed by atoms with van der Waals surface area (Å²) in [5.74, 6) is -0.324. The standard InChI is InChI=1S/C9H15F3N2O2/c1-6(4-16-5-9(10,11)12)14-7(15)8(13)2-3-8/h6H,2-5,13H2,1H3,(H,14,15). The molecule has 1 rings (SSSR count). The molecule has 1 aliphatic carbocycles. The van der Waals surface area contributed by atoms with Gasteiger partial charge in [-0.1, -0.05) is 0 Å². The van der Waals surface area contributed by atoms with Gasteiger partial charge in [0.25, 0.3) is 0 Å². The Morgan fingerprint density at radius 3 is 2.56 bits per heavy atom. The molecule has 16 heavy (non-hydrogen) atoms. The fourth-order valence-electron chi connectivity index (χ4n) is 1.12. The molecule has 1 saturated carbocycles. The molecule has 0 heterocycles. The number of hydrogen-bond donors (Lipinski definition) is 2. The van der Waals surface area contributed by atoms with Gasteiger partial charge in [-0.25, -0.2) is 0 Å². The first-order valence-electron chi connectivity index (χ1n) is 4.97. The van der Waals surface area contributed by atoms with Crippen molar-refractivity contribution in [1.82, 2.24) is 5.32 Å². The molecule has 94 valence electrons. The Labute approximate surface area is 91.3 Å². The van der Waals surface area contributed by atoms with Crippen LogP contribution in [0, 0.1) is 0 Å². The third kappa shape index (κ3) is 4.36. The Morgan fingerprint density at radius 2 is 2.12 bits per heavy atom. The number of nitrogens with two attached hydrogens (primary N) is 1. The fourth-order valence-corrected chi connectivity index (χ4v) is 1.12. The van der Waals surface area contributed by atoms with Gasteiger partial charge >= 0.3 is 6.18 Å². The van der Waals surface area contributed by atoms with E-state index in [1.54, 1.807) is 6.92 Å². The van der Waals surface area contributed by atoms with Crippen LogP contribution in [0.25, 0.3) is 0 Å². The van der Waals surface area contributed by atoms with E-state index in [-0.39, 0.29) is 12.5 Å². The molecule has 1 atom stereocenters. The summed E-state index contributed by atoms with van der Waals surface area (Å²) in [6, 6.07) is -0.476. The number of carbonyl (C=O) groups is 1. The molecular formula is C9H15F3N2O2. The molecule has 1 aliphatic rings. The van der Waals surface area contributed by atoms with Gasteiger partial charge in [-0.3, -0.25) is 4.79 Å². The van der Waals surface area contributed by atoms with Crippen LogP contribution in [-0.4, -0.2) is 36.9 Å². The van der Waals surface area contributed by atoms with Gasteiger partial charge in [-0.15, -0.1) is 0 Å². The fraction of sp³-hybridized carbons (Fsp3) is 0.889. The molecule has 0 aromatic rings. The van der Waals surface area contributed by atoms with E-state index in [0.717, 1.165) is 0 Å². The number of hydrogen-bond acceptors (Lipinski definition) is 3. The predicted molar refractivity (Wildman–Crippen MR) is 50.6 cm³/mol. The van der Waals surface area contributed by atoms with Crippen LogP contribution < -0.4 is 11.1 Å². The van der Waals surface area contributed by atoms with Gasteiger partial charge in [-0.05, 0) is 19.8 Å². The van der Waals surface area contributed by atoms with Crippen molar-refractivity contribution in [2.45, 2.75) is 37.5 Å². The lowest BCUT2D eigenvalue weighted by atomic mass is 10.2. The Bertz CT molecular complexity index is 264. The molecule has 1 amide bonds. The summed E-state index contributed by atoms with van der Waals surface area (Å²) in [5.41, 5.74) is 4.80. The number of alkyl halides is 3. The van der Waals surface area contributed by atoms with Crippen LogP contribution in [0.15, 0.2) is 0 Å². The van der Waals surface area contributed by atoms with Gasteiger partial charge in [0, 0.05) is 6.04 Å². The highest BCUT2D eigenvalue weighted by molar-refractivity contribution is 5.89. The molecular weight excluding hydrogens is 225 g/mol. The minimum atomic E-state index is -4.34. The summed E-state index contributed by atoms with van der Waals surface area (Å²) in [5, 5.41) is 2.51. The smallest absolute Gasteiger partial charge is 0.370 e. The van der Waals surface area contributed by atoms with Crippen molar-refractivity contribution in [3.8, 4) is 0 Å². The number of amides is 1. The number of nitrogens with one attached hydrogen (secondary N) is 1. The average molecular weight is 240 g/mol. The highest BCUT2D eigenvalue weighted by atomic mass is 19.4. The normalized spacial score (nSPS) is 20.3. The van der Waals surface area contributed by atoms with Gasteiger partial charge in [0.05, 0.1) is 12.1 Å². The van der Waals surface area contributed by atoms with Crippen LogP contribution >= 0.6 is 0 Å². The molecule has 0 aromatic carbocycles. The highest BCUT2D eigenvalue weighted by Crippen LogP contribution is 2.32. The van der Waals surface area contributed by atoms with Crippen LogP contribution in [0.2, 0.25) is 0 Å².